The molecule has 5 nitrogen and oxygen atoms in total. The van der Waals surface area contributed by atoms with Crippen molar-refractivity contribution in [1.29, 1.82) is 0 Å². The largest absolute Gasteiger partial charge is 0.497 e. The maximum Gasteiger partial charge on any atom is 0.299 e. The number of ether oxygens (including phenoxy) is 1. The average molecular weight is 323 g/mol. The predicted octanol–water partition coefficient (Wildman–Crippen LogP) is 4.16. The second-order valence-electron chi connectivity index (χ2n) is 5.82. The lowest BCUT2D eigenvalue weighted by molar-refractivity contribution is 0.402. The van der Waals surface area contributed by atoms with Gasteiger partial charge in [-0.1, -0.05) is 24.3 Å². The molecule has 5 heteroatoms. The summed E-state index contributed by atoms with van der Waals surface area (Å²) < 4.78 is 11.0. The van der Waals surface area contributed by atoms with Gasteiger partial charge in [0, 0.05) is 17.8 Å². The molecule has 1 N–H and O–H groups in total. The summed E-state index contributed by atoms with van der Waals surface area (Å²) in [7, 11) is 5.75. The number of nitrogens with zero attached hydrogens (tertiary/aromatic N) is 2. The molecule has 0 spiro atoms. The summed E-state index contributed by atoms with van der Waals surface area (Å²) in [4.78, 5) is 6.42. The Labute approximate surface area is 141 Å². The van der Waals surface area contributed by atoms with Crippen molar-refractivity contribution in [3.8, 4) is 17.1 Å². The number of rotatable bonds is 6. The van der Waals surface area contributed by atoms with E-state index >= 15 is 0 Å². The van der Waals surface area contributed by atoms with Gasteiger partial charge in [-0.2, -0.15) is 0 Å². The summed E-state index contributed by atoms with van der Waals surface area (Å²) in [5, 5.41) is 3.18. The van der Waals surface area contributed by atoms with Gasteiger partial charge in [0.05, 0.1) is 13.3 Å². The van der Waals surface area contributed by atoms with E-state index in [9.17, 15) is 0 Å². The normalized spacial score (nSPS) is 10.8. The van der Waals surface area contributed by atoms with Crippen LogP contribution in [0.2, 0.25) is 0 Å². The number of anilines is 2. The van der Waals surface area contributed by atoms with Gasteiger partial charge < -0.3 is 19.4 Å². The van der Waals surface area contributed by atoms with E-state index in [0.29, 0.717) is 11.8 Å². The Morgan fingerprint density at radius 2 is 1.92 bits per heavy atom. The third kappa shape index (κ3) is 3.94. The van der Waals surface area contributed by atoms with E-state index in [4.69, 9.17) is 9.15 Å². The summed E-state index contributed by atoms with van der Waals surface area (Å²) in [5.41, 5.74) is 3.13. The Hall–Kier alpha value is -2.79. The molecule has 24 heavy (non-hydrogen) atoms. The first-order valence-electron chi connectivity index (χ1n) is 7.75. The van der Waals surface area contributed by atoms with Crippen LogP contribution in [0.25, 0.3) is 11.3 Å². The van der Waals surface area contributed by atoms with Crippen molar-refractivity contribution in [2.24, 2.45) is 0 Å². The van der Waals surface area contributed by atoms with E-state index in [1.165, 1.54) is 5.56 Å². The molecule has 0 radical (unpaired) electrons. The van der Waals surface area contributed by atoms with Gasteiger partial charge in [0.2, 0.25) is 0 Å². The van der Waals surface area contributed by atoms with Gasteiger partial charge in [-0.25, -0.2) is 4.98 Å². The van der Waals surface area contributed by atoms with Crippen molar-refractivity contribution in [2.45, 2.75) is 6.54 Å². The molecule has 2 aromatic carbocycles. The van der Waals surface area contributed by atoms with Crippen molar-refractivity contribution in [1.82, 2.24) is 9.88 Å². The highest BCUT2D eigenvalue weighted by molar-refractivity contribution is 5.61. The van der Waals surface area contributed by atoms with E-state index < -0.39 is 0 Å². The zero-order chi connectivity index (χ0) is 16.9. The number of oxazole rings is 1. The minimum absolute atomic E-state index is 0.466. The molecular weight excluding hydrogens is 302 g/mol. The number of aromatic nitrogens is 1. The Balaban J connectivity index is 1.71. The molecule has 0 aliphatic heterocycles. The molecule has 0 bridgehead atoms. The minimum atomic E-state index is 0.466. The van der Waals surface area contributed by atoms with Gasteiger partial charge in [-0.15, -0.1) is 0 Å². The highest BCUT2D eigenvalue weighted by atomic mass is 16.5. The van der Waals surface area contributed by atoms with Gasteiger partial charge in [-0.05, 0) is 43.9 Å². The maximum absolute atomic E-state index is 5.78. The number of hydrogen-bond donors (Lipinski definition) is 1. The minimum Gasteiger partial charge on any atom is -0.497 e. The van der Waals surface area contributed by atoms with E-state index in [2.05, 4.69) is 41.4 Å². The quantitative estimate of drug-likeness (QED) is 0.738. The first-order valence-corrected chi connectivity index (χ1v) is 7.75. The fraction of sp³-hybridized carbons (Fsp3) is 0.211. The lowest BCUT2D eigenvalue weighted by atomic mass is 10.2. The van der Waals surface area contributed by atoms with E-state index in [-0.39, 0.29) is 0 Å². The monoisotopic (exact) mass is 323 g/mol. The topological polar surface area (TPSA) is 50.5 Å². The van der Waals surface area contributed by atoms with E-state index in [1.807, 2.05) is 36.4 Å². The van der Waals surface area contributed by atoms with Crippen molar-refractivity contribution in [3.05, 3.63) is 60.3 Å². The van der Waals surface area contributed by atoms with Crippen LogP contribution in [0.5, 0.6) is 5.75 Å². The summed E-state index contributed by atoms with van der Waals surface area (Å²) in [6.45, 7) is 0.916. The van der Waals surface area contributed by atoms with Gasteiger partial charge >= 0.3 is 0 Å². The second kappa shape index (κ2) is 7.19. The predicted molar refractivity (Wildman–Crippen MR) is 95.6 cm³/mol. The van der Waals surface area contributed by atoms with Crippen molar-refractivity contribution < 1.29 is 9.15 Å². The van der Waals surface area contributed by atoms with Gasteiger partial charge in [0.15, 0.2) is 5.76 Å². The average Bonchev–Trinajstić information content (AvgIpc) is 3.05. The lowest BCUT2D eigenvalue weighted by Crippen LogP contribution is -2.10. The molecule has 1 aromatic heterocycles. The molecule has 1 heterocycles. The first kappa shape index (κ1) is 16.1. The van der Waals surface area contributed by atoms with Crippen LogP contribution in [0.15, 0.2) is 59.1 Å². The second-order valence-corrected chi connectivity index (χ2v) is 5.82. The zero-order valence-electron chi connectivity index (χ0n) is 14.1. The molecule has 0 unspecified atom stereocenters. The molecule has 3 aromatic rings. The Morgan fingerprint density at radius 3 is 2.62 bits per heavy atom. The summed E-state index contributed by atoms with van der Waals surface area (Å²) in [6.07, 6.45) is 1.71. The van der Waals surface area contributed by atoms with Gasteiger partial charge in [0.1, 0.15) is 5.75 Å². The van der Waals surface area contributed by atoms with Crippen LogP contribution in [-0.2, 0) is 6.54 Å². The fourth-order valence-electron chi connectivity index (χ4n) is 2.42. The van der Waals surface area contributed by atoms with Crippen LogP contribution in [-0.4, -0.2) is 31.1 Å². The summed E-state index contributed by atoms with van der Waals surface area (Å²) in [5.74, 6) is 1.48. The lowest BCUT2D eigenvalue weighted by Gasteiger charge is -2.10. The Kier molecular flexibility index (Phi) is 4.82. The third-order valence-corrected chi connectivity index (χ3v) is 3.56. The summed E-state index contributed by atoms with van der Waals surface area (Å²) >= 11 is 0. The molecule has 0 saturated carbocycles. The summed E-state index contributed by atoms with van der Waals surface area (Å²) in [6, 6.07) is 16.4. The van der Waals surface area contributed by atoms with Crippen molar-refractivity contribution >= 4 is 11.7 Å². The third-order valence-electron chi connectivity index (χ3n) is 3.56. The smallest absolute Gasteiger partial charge is 0.299 e. The van der Waals surface area contributed by atoms with Gasteiger partial charge in [0.25, 0.3) is 6.01 Å². The highest BCUT2D eigenvalue weighted by Crippen LogP contribution is 2.27. The fourth-order valence-corrected chi connectivity index (χ4v) is 2.42. The molecule has 3 rings (SSSR count). The van der Waals surface area contributed by atoms with Crippen LogP contribution >= 0.6 is 0 Å². The SMILES string of the molecule is COc1cccc(-c2cnc(Nc3ccc(CN(C)C)cc3)o2)c1. The first-order chi connectivity index (χ1) is 11.6. The zero-order valence-corrected chi connectivity index (χ0v) is 14.1. The molecular formula is C19H21N3O2. The number of nitrogens with one attached hydrogen (secondary N) is 1. The van der Waals surface area contributed by atoms with Crippen LogP contribution in [0.1, 0.15) is 5.56 Å². The van der Waals surface area contributed by atoms with Crippen LogP contribution in [0, 0.1) is 0 Å². The number of hydrogen-bond acceptors (Lipinski definition) is 5. The van der Waals surface area contributed by atoms with E-state index in [1.54, 1.807) is 13.3 Å². The van der Waals surface area contributed by atoms with E-state index in [0.717, 1.165) is 23.5 Å². The van der Waals surface area contributed by atoms with Crippen LogP contribution < -0.4 is 10.1 Å². The molecule has 0 aliphatic carbocycles. The molecule has 0 saturated heterocycles. The molecule has 0 fully saturated rings. The van der Waals surface area contributed by atoms with Crippen molar-refractivity contribution in [3.63, 3.8) is 0 Å². The van der Waals surface area contributed by atoms with Gasteiger partial charge in [-0.3, -0.25) is 0 Å². The number of methoxy groups -OCH3 is 1. The number of benzene rings is 2. The molecule has 0 amide bonds. The molecule has 0 aliphatic rings. The van der Waals surface area contributed by atoms with Crippen LogP contribution in [0.3, 0.4) is 0 Å². The standard InChI is InChI=1S/C19H21N3O2/c1-22(2)13-14-7-9-16(10-8-14)21-19-20-12-18(24-19)15-5-4-6-17(11-15)23-3/h4-12H,13H2,1-3H3,(H,20,21). The Morgan fingerprint density at radius 1 is 1.12 bits per heavy atom. The Bertz CT molecular complexity index is 794. The van der Waals surface area contributed by atoms with Crippen molar-refractivity contribution in [2.75, 3.05) is 26.5 Å². The molecule has 124 valence electrons. The highest BCUT2D eigenvalue weighted by Gasteiger charge is 2.07. The van der Waals surface area contributed by atoms with Crippen LogP contribution in [0.4, 0.5) is 11.7 Å². The molecule has 0 atom stereocenters. The maximum atomic E-state index is 5.78.